The van der Waals surface area contributed by atoms with Crippen LogP contribution in [-0.4, -0.2) is 82.2 Å². The molecule has 1 saturated heterocycles. The second kappa shape index (κ2) is 12.1. The third-order valence-electron chi connectivity index (χ3n) is 4.53. The first kappa shape index (κ1) is 20.8. The van der Waals surface area contributed by atoms with Crippen molar-refractivity contribution in [1.29, 1.82) is 0 Å². The van der Waals surface area contributed by atoms with E-state index >= 15 is 0 Å². The number of unbranched alkanes of at least 4 members (excludes halogenated alkanes) is 6. The average molecular weight is 334 g/mol. The van der Waals surface area contributed by atoms with Crippen LogP contribution in [-0.2, 0) is 0 Å². The Bertz CT molecular complexity index is 294. The normalized spacial score (nSPS) is 31.4. The predicted molar refractivity (Wildman–Crippen MR) is 88.1 cm³/mol. The number of nitrogens with one attached hydrogen (secondary N) is 2. The summed E-state index contributed by atoms with van der Waals surface area (Å²) in [4.78, 5) is 0. The van der Waals surface area contributed by atoms with Gasteiger partial charge in [-0.2, -0.15) is 0 Å². The lowest BCUT2D eigenvalue weighted by Crippen LogP contribution is -2.67. The van der Waals surface area contributed by atoms with Gasteiger partial charge in [-0.25, -0.2) is 0 Å². The zero-order valence-electron chi connectivity index (χ0n) is 13.9. The van der Waals surface area contributed by atoms with Crippen molar-refractivity contribution in [1.82, 2.24) is 10.6 Å². The molecule has 7 N–H and O–H groups in total. The van der Waals surface area contributed by atoms with Crippen molar-refractivity contribution in [3.05, 3.63) is 0 Å². The van der Waals surface area contributed by atoms with Crippen molar-refractivity contribution in [2.24, 2.45) is 0 Å². The highest BCUT2D eigenvalue weighted by Crippen LogP contribution is 2.15. The summed E-state index contributed by atoms with van der Waals surface area (Å²) in [6, 6.07) is -0.997. The molecule has 0 aromatic rings. The van der Waals surface area contributed by atoms with Crippen molar-refractivity contribution >= 4 is 0 Å². The molecule has 1 heterocycles. The van der Waals surface area contributed by atoms with Gasteiger partial charge in [0.05, 0.1) is 24.9 Å². The van der Waals surface area contributed by atoms with Gasteiger partial charge in [0, 0.05) is 19.2 Å². The third kappa shape index (κ3) is 7.43. The summed E-state index contributed by atoms with van der Waals surface area (Å²) in [5.41, 5.74) is 0. The van der Waals surface area contributed by atoms with Crippen LogP contribution in [0, 0.1) is 0 Å². The van der Waals surface area contributed by atoms with Crippen LogP contribution in [0.1, 0.15) is 44.9 Å². The molecule has 5 atom stereocenters. The van der Waals surface area contributed by atoms with Gasteiger partial charge in [-0.15, -0.1) is 0 Å². The number of hydrogen-bond donors (Lipinski definition) is 7. The number of hydrogen-bond acceptors (Lipinski definition) is 7. The Morgan fingerprint density at radius 1 is 0.696 bits per heavy atom. The van der Waals surface area contributed by atoms with Crippen molar-refractivity contribution in [3.8, 4) is 0 Å². The fourth-order valence-corrected chi connectivity index (χ4v) is 2.99. The molecule has 1 aliphatic heterocycles. The molecular formula is C16H34N2O5. The lowest BCUT2D eigenvalue weighted by molar-refractivity contribution is -0.118. The fraction of sp³-hybridized carbons (Fsp3) is 1.00. The molecule has 0 spiro atoms. The van der Waals surface area contributed by atoms with Crippen molar-refractivity contribution in [2.75, 3.05) is 26.3 Å². The summed E-state index contributed by atoms with van der Waals surface area (Å²) < 4.78 is 0. The molecule has 1 fully saturated rings. The van der Waals surface area contributed by atoms with E-state index in [2.05, 4.69) is 10.6 Å². The van der Waals surface area contributed by atoms with Crippen LogP contribution in [0.15, 0.2) is 0 Å². The number of rotatable bonds is 12. The smallest absolute Gasteiger partial charge is 0.109 e. The molecule has 7 nitrogen and oxygen atoms in total. The molecule has 0 amide bonds. The first-order chi connectivity index (χ1) is 11.1. The lowest BCUT2D eigenvalue weighted by Gasteiger charge is -2.41. The topological polar surface area (TPSA) is 125 Å². The van der Waals surface area contributed by atoms with Gasteiger partial charge in [-0.1, -0.05) is 32.1 Å². The molecule has 0 saturated carbocycles. The number of aliphatic hydroxyl groups excluding tert-OH is 5. The van der Waals surface area contributed by atoms with Crippen molar-refractivity contribution in [2.45, 2.75) is 75.3 Å². The van der Waals surface area contributed by atoms with E-state index in [0.717, 1.165) is 32.2 Å². The van der Waals surface area contributed by atoms with E-state index in [1.54, 1.807) is 0 Å². The maximum absolute atomic E-state index is 9.95. The van der Waals surface area contributed by atoms with Gasteiger partial charge in [-0.05, 0) is 19.4 Å². The van der Waals surface area contributed by atoms with Crippen molar-refractivity contribution in [3.63, 3.8) is 0 Å². The first-order valence-corrected chi connectivity index (χ1v) is 8.84. The summed E-state index contributed by atoms with van der Waals surface area (Å²) in [5, 5.41) is 53.5. The lowest BCUT2D eigenvalue weighted by atomic mass is 9.90. The van der Waals surface area contributed by atoms with E-state index in [-0.39, 0.29) is 19.3 Å². The van der Waals surface area contributed by atoms with Gasteiger partial charge >= 0.3 is 0 Å². The molecule has 1 rings (SSSR count). The summed E-state index contributed by atoms with van der Waals surface area (Å²) in [6.45, 7) is 1.33. The van der Waals surface area contributed by atoms with Crippen LogP contribution >= 0.6 is 0 Å². The molecule has 138 valence electrons. The Balaban J connectivity index is 2.06. The summed E-state index contributed by atoms with van der Waals surface area (Å²) in [5.74, 6) is 0. The largest absolute Gasteiger partial charge is 0.396 e. The first-order valence-electron chi connectivity index (χ1n) is 8.84. The van der Waals surface area contributed by atoms with Crippen molar-refractivity contribution < 1.29 is 25.5 Å². The maximum atomic E-state index is 9.95. The second-order valence-electron chi connectivity index (χ2n) is 6.44. The van der Waals surface area contributed by atoms with E-state index in [9.17, 15) is 20.4 Å². The summed E-state index contributed by atoms with van der Waals surface area (Å²) in [7, 11) is 0. The van der Waals surface area contributed by atoms with Gasteiger partial charge in [-0.3, -0.25) is 0 Å². The van der Waals surface area contributed by atoms with Gasteiger partial charge < -0.3 is 36.2 Å². The van der Waals surface area contributed by atoms with Crippen LogP contribution < -0.4 is 10.6 Å². The minimum absolute atomic E-state index is 0.280. The monoisotopic (exact) mass is 334 g/mol. The van der Waals surface area contributed by atoms with Crippen LogP contribution in [0.5, 0.6) is 0 Å². The highest BCUT2D eigenvalue weighted by Gasteiger charge is 2.41. The van der Waals surface area contributed by atoms with E-state index < -0.39 is 24.4 Å². The Morgan fingerprint density at radius 2 is 1.26 bits per heavy atom. The molecule has 0 unspecified atom stereocenters. The Labute approximate surface area is 138 Å². The quantitative estimate of drug-likeness (QED) is 0.222. The number of aliphatic hydroxyl groups is 5. The summed E-state index contributed by atoms with van der Waals surface area (Å²) >= 11 is 0. The van der Waals surface area contributed by atoms with E-state index in [1.165, 1.54) is 19.3 Å². The SMILES string of the molecule is OCCCCCCCCCNC[C@H]1N[C@H](CO)[C@@H](O)[C@H](O)[C@H]1O. The molecule has 1 aliphatic rings. The highest BCUT2D eigenvalue weighted by atomic mass is 16.4. The van der Waals surface area contributed by atoms with Crippen LogP contribution in [0.3, 0.4) is 0 Å². The average Bonchev–Trinajstić information content (AvgIpc) is 2.56. The standard InChI is InChI=1S/C16H34N2O5/c19-9-7-5-3-1-2-4-6-8-17-10-12-14(21)16(23)15(22)13(11-20)18-12/h12-23H,1-11H2/t12-,13-,14+,15-,16-/m1/s1. The molecule has 0 bridgehead atoms. The molecule has 0 aromatic carbocycles. The van der Waals surface area contributed by atoms with Gasteiger partial charge in [0.2, 0.25) is 0 Å². The maximum Gasteiger partial charge on any atom is 0.109 e. The van der Waals surface area contributed by atoms with Gasteiger partial charge in [0.15, 0.2) is 0 Å². The van der Waals surface area contributed by atoms with Gasteiger partial charge in [0.1, 0.15) is 6.10 Å². The predicted octanol–water partition coefficient (Wildman–Crippen LogP) is -1.29. The second-order valence-corrected chi connectivity index (χ2v) is 6.44. The molecule has 7 heteroatoms. The molecular weight excluding hydrogens is 300 g/mol. The molecule has 23 heavy (non-hydrogen) atoms. The van der Waals surface area contributed by atoms with Crippen LogP contribution in [0.4, 0.5) is 0 Å². The Hall–Kier alpha value is -0.280. The van der Waals surface area contributed by atoms with Crippen LogP contribution in [0.25, 0.3) is 0 Å². The van der Waals surface area contributed by atoms with E-state index in [1.807, 2.05) is 0 Å². The Morgan fingerprint density at radius 3 is 1.87 bits per heavy atom. The minimum Gasteiger partial charge on any atom is -0.396 e. The summed E-state index contributed by atoms with van der Waals surface area (Å²) in [6.07, 6.45) is 4.32. The fourth-order valence-electron chi connectivity index (χ4n) is 2.99. The van der Waals surface area contributed by atoms with Crippen LogP contribution in [0.2, 0.25) is 0 Å². The Kier molecular flexibility index (Phi) is 11.0. The molecule has 0 aliphatic carbocycles. The minimum atomic E-state index is -1.24. The zero-order valence-corrected chi connectivity index (χ0v) is 13.9. The molecule has 0 radical (unpaired) electrons. The molecule has 0 aromatic heterocycles. The highest BCUT2D eigenvalue weighted by molar-refractivity contribution is 4.98. The van der Waals surface area contributed by atoms with Gasteiger partial charge in [0.25, 0.3) is 0 Å². The third-order valence-corrected chi connectivity index (χ3v) is 4.53. The van der Waals surface area contributed by atoms with E-state index in [4.69, 9.17) is 5.11 Å². The van der Waals surface area contributed by atoms with E-state index in [0.29, 0.717) is 6.54 Å². The number of piperidine rings is 1. The zero-order chi connectivity index (χ0) is 17.1.